The monoisotopic (exact) mass is 268 g/mol. The van der Waals surface area contributed by atoms with Crippen LogP contribution in [0.15, 0.2) is 0 Å². The number of nitrogens with zero attached hydrogens (tertiary/aromatic N) is 2. The Bertz CT molecular complexity index is 308. The van der Waals surface area contributed by atoms with Crippen molar-refractivity contribution in [3.8, 4) is 0 Å². The summed E-state index contributed by atoms with van der Waals surface area (Å²) in [7, 11) is 0. The Kier molecular flexibility index (Phi) is 5.19. The molecule has 2 fully saturated rings. The van der Waals surface area contributed by atoms with Gasteiger partial charge in [0.25, 0.3) is 0 Å². The van der Waals surface area contributed by atoms with Crippen molar-refractivity contribution in [2.75, 3.05) is 19.6 Å². The maximum atomic E-state index is 10.9. The van der Waals surface area contributed by atoms with Crippen LogP contribution in [-0.2, 0) is 4.79 Å². The van der Waals surface area contributed by atoms with Crippen molar-refractivity contribution in [1.82, 2.24) is 9.80 Å². The van der Waals surface area contributed by atoms with E-state index in [2.05, 4.69) is 4.90 Å². The number of aldehydes is 1. The molecule has 5 heteroatoms. The largest absolute Gasteiger partial charge is 0.465 e. The summed E-state index contributed by atoms with van der Waals surface area (Å²) < 4.78 is 0. The molecule has 1 N–H and O–H groups in total. The molecule has 0 aromatic carbocycles. The molecule has 0 spiro atoms. The molecule has 5 nitrogen and oxygen atoms in total. The van der Waals surface area contributed by atoms with E-state index in [0.29, 0.717) is 31.7 Å². The molecule has 0 aromatic rings. The van der Waals surface area contributed by atoms with E-state index >= 15 is 0 Å². The molecule has 2 rings (SSSR count). The number of piperidine rings is 1. The highest BCUT2D eigenvalue weighted by molar-refractivity contribution is 5.65. The zero-order chi connectivity index (χ0) is 13.7. The van der Waals surface area contributed by atoms with Crippen LogP contribution in [0.4, 0.5) is 4.79 Å². The topological polar surface area (TPSA) is 60.9 Å². The standard InChI is InChI=1S/C14H24N2O3/c17-11-10-16(12-4-2-1-3-5-12)13-6-8-15(9-7-13)14(18)19/h11-13H,1-10H2,(H,18,19). The first-order valence-electron chi connectivity index (χ1n) is 7.39. The average Bonchev–Trinajstić information content (AvgIpc) is 2.46. The van der Waals surface area contributed by atoms with Crippen molar-refractivity contribution in [1.29, 1.82) is 0 Å². The molecule has 1 saturated heterocycles. The quantitative estimate of drug-likeness (QED) is 0.792. The molecule has 1 aliphatic carbocycles. The van der Waals surface area contributed by atoms with Gasteiger partial charge in [-0.15, -0.1) is 0 Å². The third-order valence-corrected chi connectivity index (χ3v) is 4.53. The number of carbonyl (C=O) groups excluding carboxylic acids is 1. The number of hydrogen-bond acceptors (Lipinski definition) is 3. The number of hydrogen-bond donors (Lipinski definition) is 1. The molecule has 1 aliphatic heterocycles. The maximum absolute atomic E-state index is 10.9. The fourth-order valence-corrected chi connectivity index (χ4v) is 3.48. The van der Waals surface area contributed by atoms with Gasteiger partial charge < -0.3 is 14.8 Å². The second-order valence-electron chi connectivity index (χ2n) is 5.66. The first kappa shape index (κ1) is 14.3. The van der Waals surface area contributed by atoms with Crippen molar-refractivity contribution >= 4 is 12.4 Å². The highest BCUT2D eigenvalue weighted by atomic mass is 16.4. The summed E-state index contributed by atoms with van der Waals surface area (Å²) >= 11 is 0. The third-order valence-electron chi connectivity index (χ3n) is 4.53. The van der Waals surface area contributed by atoms with Crippen molar-refractivity contribution in [2.24, 2.45) is 0 Å². The Hall–Kier alpha value is -1.10. The minimum absolute atomic E-state index is 0.379. The summed E-state index contributed by atoms with van der Waals surface area (Å²) in [6.45, 7) is 1.70. The van der Waals surface area contributed by atoms with E-state index in [1.807, 2.05) is 0 Å². The van der Waals surface area contributed by atoms with E-state index in [9.17, 15) is 9.59 Å². The van der Waals surface area contributed by atoms with Gasteiger partial charge in [-0.25, -0.2) is 4.79 Å². The van der Waals surface area contributed by atoms with Crippen LogP contribution in [0.5, 0.6) is 0 Å². The molecule has 0 aromatic heterocycles. The molecule has 0 radical (unpaired) electrons. The summed E-state index contributed by atoms with van der Waals surface area (Å²) in [5, 5.41) is 8.97. The lowest BCUT2D eigenvalue weighted by atomic mass is 9.91. The average molecular weight is 268 g/mol. The molecule has 1 amide bonds. The van der Waals surface area contributed by atoms with Crippen molar-refractivity contribution in [3.05, 3.63) is 0 Å². The smallest absolute Gasteiger partial charge is 0.407 e. The van der Waals surface area contributed by atoms with Gasteiger partial charge in [0.05, 0.1) is 6.54 Å². The Morgan fingerprint density at radius 3 is 2.21 bits per heavy atom. The van der Waals surface area contributed by atoms with Crippen LogP contribution < -0.4 is 0 Å². The van der Waals surface area contributed by atoms with Crippen LogP contribution >= 0.6 is 0 Å². The summed E-state index contributed by atoms with van der Waals surface area (Å²) in [6, 6.07) is 0.907. The van der Waals surface area contributed by atoms with E-state index in [1.54, 1.807) is 0 Å². The molecule has 19 heavy (non-hydrogen) atoms. The molecular formula is C14H24N2O3. The molecular weight excluding hydrogens is 244 g/mol. The predicted molar refractivity (Wildman–Crippen MR) is 72.3 cm³/mol. The van der Waals surface area contributed by atoms with E-state index < -0.39 is 6.09 Å². The number of likely N-dealkylation sites (tertiary alicyclic amines) is 1. The number of amides is 1. The lowest BCUT2D eigenvalue weighted by molar-refractivity contribution is -0.110. The minimum Gasteiger partial charge on any atom is -0.465 e. The molecule has 0 bridgehead atoms. The van der Waals surface area contributed by atoms with Gasteiger partial charge in [-0.2, -0.15) is 0 Å². The number of carboxylic acid groups (broad SMARTS) is 1. The highest BCUT2D eigenvalue weighted by Gasteiger charge is 2.31. The van der Waals surface area contributed by atoms with E-state index in [0.717, 1.165) is 19.1 Å². The zero-order valence-corrected chi connectivity index (χ0v) is 11.5. The van der Waals surface area contributed by atoms with Crippen molar-refractivity contribution in [3.63, 3.8) is 0 Å². The third kappa shape index (κ3) is 3.69. The van der Waals surface area contributed by atoms with Crippen LogP contribution in [0.1, 0.15) is 44.9 Å². The zero-order valence-electron chi connectivity index (χ0n) is 11.5. The lowest BCUT2D eigenvalue weighted by Gasteiger charge is -2.42. The van der Waals surface area contributed by atoms with Gasteiger partial charge in [0.2, 0.25) is 0 Å². The van der Waals surface area contributed by atoms with Gasteiger partial charge in [0.1, 0.15) is 6.29 Å². The molecule has 1 saturated carbocycles. The lowest BCUT2D eigenvalue weighted by Crippen LogP contribution is -2.51. The van der Waals surface area contributed by atoms with Gasteiger partial charge in [0.15, 0.2) is 0 Å². The summed E-state index contributed by atoms with van der Waals surface area (Å²) in [4.78, 5) is 25.7. The summed E-state index contributed by atoms with van der Waals surface area (Å²) in [5.41, 5.74) is 0. The first-order chi connectivity index (χ1) is 9.22. The maximum Gasteiger partial charge on any atom is 0.407 e. The van der Waals surface area contributed by atoms with Gasteiger partial charge in [0, 0.05) is 25.2 Å². The SMILES string of the molecule is O=CCN(C1CCCCC1)C1CCN(C(=O)O)CC1. The predicted octanol–water partition coefficient (Wildman–Crippen LogP) is 1.96. The summed E-state index contributed by atoms with van der Waals surface area (Å²) in [6.07, 6.45) is 8.09. The Morgan fingerprint density at radius 1 is 1.11 bits per heavy atom. The number of carbonyl (C=O) groups is 2. The summed E-state index contributed by atoms with van der Waals surface area (Å²) in [5.74, 6) is 0. The first-order valence-corrected chi connectivity index (χ1v) is 7.39. The molecule has 0 atom stereocenters. The van der Waals surface area contributed by atoms with Gasteiger partial charge in [-0.05, 0) is 25.7 Å². The normalized spacial score (nSPS) is 22.7. The molecule has 0 unspecified atom stereocenters. The van der Waals surface area contributed by atoms with E-state index in [4.69, 9.17) is 5.11 Å². The molecule has 1 heterocycles. The van der Waals surface area contributed by atoms with Crippen LogP contribution in [0.25, 0.3) is 0 Å². The fraction of sp³-hybridized carbons (Fsp3) is 0.857. The van der Waals surface area contributed by atoms with Crippen LogP contribution in [0.2, 0.25) is 0 Å². The minimum atomic E-state index is -0.821. The van der Waals surface area contributed by atoms with Crippen LogP contribution in [-0.4, -0.2) is 59.0 Å². The Balaban J connectivity index is 1.92. The van der Waals surface area contributed by atoms with Gasteiger partial charge in [-0.1, -0.05) is 19.3 Å². The molecule has 108 valence electrons. The fourth-order valence-electron chi connectivity index (χ4n) is 3.48. The van der Waals surface area contributed by atoms with Gasteiger partial charge >= 0.3 is 6.09 Å². The van der Waals surface area contributed by atoms with Gasteiger partial charge in [-0.3, -0.25) is 4.90 Å². The van der Waals surface area contributed by atoms with E-state index in [-0.39, 0.29) is 0 Å². The van der Waals surface area contributed by atoms with Crippen molar-refractivity contribution in [2.45, 2.75) is 57.0 Å². The Labute approximate surface area is 114 Å². The van der Waals surface area contributed by atoms with Crippen LogP contribution in [0.3, 0.4) is 0 Å². The second kappa shape index (κ2) is 6.89. The Morgan fingerprint density at radius 2 is 1.68 bits per heavy atom. The highest BCUT2D eigenvalue weighted by Crippen LogP contribution is 2.27. The molecule has 2 aliphatic rings. The number of rotatable bonds is 4. The van der Waals surface area contributed by atoms with Crippen molar-refractivity contribution < 1.29 is 14.7 Å². The van der Waals surface area contributed by atoms with Crippen LogP contribution in [0, 0.1) is 0 Å². The second-order valence-corrected chi connectivity index (χ2v) is 5.66. The van der Waals surface area contributed by atoms with E-state index in [1.165, 1.54) is 37.0 Å².